The predicted molar refractivity (Wildman–Crippen MR) is 79.4 cm³/mol. The molecule has 17 heavy (non-hydrogen) atoms. The van der Waals surface area contributed by atoms with Gasteiger partial charge in [0, 0.05) is 29.1 Å². The van der Waals surface area contributed by atoms with Crippen LogP contribution in [-0.4, -0.2) is 13.1 Å². The van der Waals surface area contributed by atoms with Crippen molar-refractivity contribution < 1.29 is 0 Å². The molecule has 94 valence electrons. The number of halogens is 2. The number of anilines is 1. The normalized spacial score (nSPS) is 17.1. The zero-order valence-corrected chi connectivity index (χ0v) is 12.6. The molecular weight excluding hydrogens is 298 g/mol. The molecule has 0 amide bonds. The summed E-state index contributed by atoms with van der Waals surface area (Å²) in [6.07, 6.45) is 6.77. The SMILES string of the molecule is CN(c1ccc(Cl)cc1CBr)C1CCCCC1. The Kier molecular flexibility index (Phi) is 4.75. The highest BCUT2D eigenvalue weighted by atomic mass is 79.9. The van der Waals surface area contributed by atoms with E-state index in [1.807, 2.05) is 6.07 Å². The smallest absolute Gasteiger partial charge is 0.0410 e. The van der Waals surface area contributed by atoms with Crippen LogP contribution in [0.5, 0.6) is 0 Å². The Morgan fingerprint density at radius 3 is 2.65 bits per heavy atom. The summed E-state index contributed by atoms with van der Waals surface area (Å²) in [6.45, 7) is 0. The molecule has 0 radical (unpaired) electrons. The van der Waals surface area contributed by atoms with Crippen molar-refractivity contribution >= 4 is 33.2 Å². The van der Waals surface area contributed by atoms with Gasteiger partial charge < -0.3 is 4.90 Å². The highest BCUT2D eigenvalue weighted by molar-refractivity contribution is 9.08. The third-order valence-corrected chi connectivity index (χ3v) is 4.53. The Labute approximate surface area is 117 Å². The molecule has 0 atom stereocenters. The van der Waals surface area contributed by atoms with Gasteiger partial charge in [-0.15, -0.1) is 0 Å². The molecule has 1 saturated carbocycles. The molecule has 0 aliphatic heterocycles. The second-order valence-electron chi connectivity index (χ2n) is 4.81. The maximum Gasteiger partial charge on any atom is 0.0410 e. The number of benzene rings is 1. The zero-order valence-electron chi connectivity index (χ0n) is 10.3. The van der Waals surface area contributed by atoms with Gasteiger partial charge in [-0.3, -0.25) is 0 Å². The average molecular weight is 317 g/mol. The first-order valence-corrected chi connectivity index (χ1v) is 7.79. The van der Waals surface area contributed by atoms with Crippen LogP contribution in [0.3, 0.4) is 0 Å². The van der Waals surface area contributed by atoms with Gasteiger partial charge in [-0.05, 0) is 36.6 Å². The van der Waals surface area contributed by atoms with E-state index in [1.165, 1.54) is 43.4 Å². The summed E-state index contributed by atoms with van der Waals surface area (Å²) in [5.41, 5.74) is 2.60. The molecular formula is C14H19BrClN. The van der Waals surface area contributed by atoms with Gasteiger partial charge in [0.05, 0.1) is 0 Å². The Morgan fingerprint density at radius 2 is 2.00 bits per heavy atom. The van der Waals surface area contributed by atoms with Crippen LogP contribution in [0.4, 0.5) is 5.69 Å². The number of hydrogen-bond donors (Lipinski definition) is 0. The summed E-state index contributed by atoms with van der Waals surface area (Å²) in [6, 6.07) is 6.89. The van der Waals surface area contributed by atoms with E-state index in [2.05, 4.69) is 40.0 Å². The highest BCUT2D eigenvalue weighted by Crippen LogP contribution is 2.31. The fraction of sp³-hybridized carbons (Fsp3) is 0.571. The van der Waals surface area contributed by atoms with Crippen molar-refractivity contribution in [1.29, 1.82) is 0 Å². The molecule has 1 aromatic carbocycles. The average Bonchev–Trinajstić information content (AvgIpc) is 2.39. The third-order valence-electron chi connectivity index (χ3n) is 3.69. The van der Waals surface area contributed by atoms with Crippen LogP contribution < -0.4 is 4.90 Å². The van der Waals surface area contributed by atoms with Crippen molar-refractivity contribution in [1.82, 2.24) is 0 Å². The van der Waals surface area contributed by atoms with Gasteiger partial charge in [-0.1, -0.05) is 46.8 Å². The van der Waals surface area contributed by atoms with Crippen molar-refractivity contribution in [2.45, 2.75) is 43.5 Å². The molecule has 2 rings (SSSR count). The van der Waals surface area contributed by atoms with E-state index in [-0.39, 0.29) is 0 Å². The second kappa shape index (κ2) is 6.10. The monoisotopic (exact) mass is 315 g/mol. The molecule has 1 fully saturated rings. The molecule has 3 heteroatoms. The number of alkyl halides is 1. The molecule has 0 heterocycles. The van der Waals surface area contributed by atoms with Gasteiger partial charge in [-0.2, -0.15) is 0 Å². The predicted octanol–water partition coefficient (Wildman–Crippen LogP) is 5.00. The van der Waals surface area contributed by atoms with E-state index in [0.717, 1.165) is 10.4 Å². The van der Waals surface area contributed by atoms with Crippen molar-refractivity contribution in [3.63, 3.8) is 0 Å². The van der Waals surface area contributed by atoms with Crippen LogP contribution in [0.25, 0.3) is 0 Å². The summed E-state index contributed by atoms with van der Waals surface area (Å²) in [5.74, 6) is 0. The van der Waals surface area contributed by atoms with Crippen molar-refractivity contribution in [2.24, 2.45) is 0 Å². The minimum Gasteiger partial charge on any atom is -0.371 e. The number of rotatable bonds is 3. The molecule has 1 aliphatic rings. The summed E-state index contributed by atoms with van der Waals surface area (Å²) >= 11 is 9.60. The van der Waals surface area contributed by atoms with Crippen LogP contribution in [0.1, 0.15) is 37.7 Å². The van der Waals surface area contributed by atoms with Gasteiger partial charge in [0.2, 0.25) is 0 Å². The summed E-state index contributed by atoms with van der Waals surface area (Å²) in [4.78, 5) is 2.44. The van der Waals surface area contributed by atoms with E-state index in [0.29, 0.717) is 6.04 Å². The molecule has 1 aliphatic carbocycles. The van der Waals surface area contributed by atoms with Gasteiger partial charge >= 0.3 is 0 Å². The van der Waals surface area contributed by atoms with E-state index >= 15 is 0 Å². The molecule has 0 unspecified atom stereocenters. The van der Waals surface area contributed by atoms with Crippen LogP contribution in [0.15, 0.2) is 18.2 Å². The Morgan fingerprint density at radius 1 is 1.29 bits per heavy atom. The van der Waals surface area contributed by atoms with Crippen molar-refractivity contribution in [2.75, 3.05) is 11.9 Å². The Bertz CT molecular complexity index is 374. The minimum atomic E-state index is 0.697. The van der Waals surface area contributed by atoms with Gasteiger partial charge in [0.15, 0.2) is 0 Å². The lowest BCUT2D eigenvalue weighted by Gasteiger charge is -2.34. The number of nitrogens with zero attached hydrogens (tertiary/aromatic N) is 1. The van der Waals surface area contributed by atoms with Gasteiger partial charge in [0.1, 0.15) is 0 Å². The van der Waals surface area contributed by atoms with Crippen LogP contribution in [0, 0.1) is 0 Å². The highest BCUT2D eigenvalue weighted by Gasteiger charge is 2.19. The first-order valence-electron chi connectivity index (χ1n) is 6.29. The topological polar surface area (TPSA) is 3.24 Å². The van der Waals surface area contributed by atoms with Gasteiger partial charge in [-0.25, -0.2) is 0 Å². The third kappa shape index (κ3) is 3.17. The van der Waals surface area contributed by atoms with Crippen molar-refractivity contribution in [3.8, 4) is 0 Å². The first kappa shape index (κ1) is 13.2. The zero-order chi connectivity index (χ0) is 12.3. The van der Waals surface area contributed by atoms with Crippen LogP contribution >= 0.6 is 27.5 Å². The second-order valence-corrected chi connectivity index (χ2v) is 5.81. The van der Waals surface area contributed by atoms with E-state index < -0.39 is 0 Å². The van der Waals surface area contributed by atoms with Gasteiger partial charge in [0.25, 0.3) is 0 Å². The summed E-state index contributed by atoms with van der Waals surface area (Å²) in [5, 5.41) is 1.68. The van der Waals surface area contributed by atoms with Crippen LogP contribution in [0.2, 0.25) is 5.02 Å². The summed E-state index contributed by atoms with van der Waals surface area (Å²) < 4.78 is 0. The maximum atomic E-state index is 6.05. The lowest BCUT2D eigenvalue weighted by Crippen LogP contribution is -2.33. The fourth-order valence-corrected chi connectivity index (χ4v) is 3.31. The molecule has 0 aromatic heterocycles. The fourth-order valence-electron chi connectivity index (χ4n) is 2.67. The molecule has 1 nitrogen and oxygen atoms in total. The first-order chi connectivity index (χ1) is 8.22. The lowest BCUT2D eigenvalue weighted by molar-refractivity contribution is 0.427. The molecule has 0 N–H and O–H groups in total. The minimum absolute atomic E-state index is 0.697. The molecule has 0 bridgehead atoms. The quantitative estimate of drug-likeness (QED) is 0.709. The van der Waals surface area contributed by atoms with E-state index in [1.54, 1.807) is 0 Å². The van der Waals surface area contributed by atoms with E-state index in [9.17, 15) is 0 Å². The molecule has 0 spiro atoms. The number of hydrogen-bond acceptors (Lipinski definition) is 1. The molecule has 0 saturated heterocycles. The maximum absolute atomic E-state index is 6.05. The van der Waals surface area contributed by atoms with Crippen molar-refractivity contribution in [3.05, 3.63) is 28.8 Å². The summed E-state index contributed by atoms with van der Waals surface area (Å²) in [7, 11) is 2.21. The standard InChI is InChI=1S/C14H19BrClN/c1-17(13-5-3-2-4-6-13)14-8-7-12(16)9-11(14)10-15/h7-9,13H,2-6,10H2,1H3. The van der Waals surface area contributed by atoms with E-state index in [4.69, 9.17) is 11.6 Å². The largest absolute Gasteiger partial charge is 0.371 e. The Hall–Kier alpha value is -0.210. The lowest BCUT2D eigenvalue weighted by atomic mass is 9.94. The molecule has 1 aromatic rings. The van der Waals surface area contributed by atoms with Crippen LogP contribution in [-0.2, 0) is 5.33 Å². The Balaban J connectivity index is 2.19.